The molecule has 4 aliphatic rings. The van der Waals surface area contributed by atoms with Crippen molar-refractivity contribution in [3.05, 3.63) is 98.6 Å². The lowest BCUT2D eigenvalue weighted by molar-refractivity contribution is -0.146. The summed E-state index contributed by atoms with van der Waals surface area (Å²) in [5, 5.41) is 2.04. The number of piperidine rings is 3. The van der Waals surface area contributed by atoms with Gasteiger partial charge in [0.2, 0.25) is 17.7 Å². The van der Waals surface area contributed by atoms with Crippen molar-refractivity contribution < 1.29 is 14.4 Å². The van der Waals surface area contributed by atoms with E-state index in [4.69, 9.17) is 11.6 Å². The van der Waals surface area contributed by atoms with Crippen molar-refractivity contribution >= 4 is 45.9 Å². The quantitative estimate of drug-likeness (QED) is 0.196. The van der Waals surface area contributed by atoms with Gasteiger partial charge in [0.25, 0.3) is 5.56 Å². The number of nitrogens with one attached hydrogen (secondary N) is 1. The third-order valence-electron chi connectivity index (χ3n) is 12.0. The Labute approximate surface area is 315 Å². The zero-order chi connectivity index (χ0) is 36.9. The fourth-order valence-corrected chi connectivity index (χ4v) is 9.18. The Balaban J connectivity index is 0.808. The number of hydrazine groups is 1. The van der Waals surface area contributed by atoms with Crippen LogP contribution in [0, 0.1) is 0 Å². The van der Waals surface area contributed by atoms with Crippen LogP contribution in [0.3, 0.4) is 0 Å². The molecule has 3 saturated heterocycles. The number of anilines is 1. The number of carbonyl (C=O) groups excluding carboxylic acids is 3. The second kappa shape index (κ2) is 14.4. The number of likely N-dealkylation sites (tertiary alicyclic amines) is 2. The normalized spacial score (nSPS) is 19.5. The third kappa shape index (κ3) is 6.76. The number of hydrogen-bond donors (Lipinski definition) is 1. The summed E-state index contributed by atoms with van der Waals surface area (Å²) >= 11 is 6.48. The number of hydrogen-bond acceptors (Lipinski definition) is 7. The summed E-state index contributed by atoms with van der Waals surface area (Å²) < 4.78 is 2.14. The summed E-state index contributed by atoms with van der Waals surface area (Å²) in [7, 11) is 0. The number of aromatic nitrogens is 2. The molecule has 10 nitrogen and oxygen atoms in total. The molecule has 3 aromatic carbocycles. The maximum absolute atomic E-state index is 13.2. The van der Waals surface area contributed by atoms with E-state index in [-0.39, 0.29) is 23.3 Å². The van der Waals surface area contributed by atoms with Crippen molar-refractivity contribution in [3.63, 3.8) is 0 Å². The summed E-state index contributed by atoms with van der Waals surface area (Å²) in [4.78, 5) is 59.5. The average Bonchev–Trinajstić information content (AvgIpc) is 3.39. The van der Waals surface area contributed by atoms with Crippen LogP contribution in [-0.4, -0.2) is 74.8 Å². The first kappa shape index (κ1) is 35.5. The molecule has 3 amide bonds. The van der Waals surface area contributed by atoms with Gasteiger partial charge in [-0.15, -0.1) is 0 Å². The Morgan fingerprint density at radius 2 is 1.53 bits per heavy atom. The highest BCUT2D eigenvalue weighted by atomic mass is 35.5. The van der Waals surface area contributed by atoms with E-state index in [1.54, 1.807) is 6.07 Å². The molecule has 0 saturated carbocycles. The first-order chi connectivity index (χ1) is 25.6. The first-order valence-electron chi connectivity index (χ1n) is 19.2. The molecule has 4 aromatic rings. The Morgan fingerprint density at radius 3 is 2.25 bits per heavy atom. The molecule has 0 unspecified atom stereocenters. The lowest BCUT2D eigenvalue weighted by Gasteiger charge is -2.34. The number of fused-ring (bicyclic) bond motifs is 5. The van der Waals surface area contributed by atoms with Gasteiger partial charge < -0.3 is 9.80 Å². The highest BCUT2D eigenvalue weighted by Crippen LogP contribution is 2.44. The zero-order valence-corrected chi connectivity index (χ0v) is 31.3. The van der Waals surface area contributed by atoms with Gasteiger partial charge >= 0.3 is 0 Å². The number of benzene rings is 3. The summed E-state index contributed by atoms with van der Waals surface area (Å²) in [6.45, 7) is 8.74. The Hall–Kier alpha value is -4.54. The van der Waals surface area contributed by atoms with E-state index in [2.05, 4.69) is 64.1 Å². The predicted molar refractivity (Wildman–Crippen MR) is 206 cm³/mol. The van der Waals surface area contributed by atoms with Crippen LogP contribution in [0.15, 0.2) is 65.5 Å². The van der Waals surface area contributed by atoms with Crippen LogP contribution in [0.5, 0.6) is 0 Å². The molecule has 0 aliphatic carbocycles. The molecule has 53 heavy (non-hydrogen) atoms. The van der Waals surface area contributed by atoms with Crippen molar-refractivity contribution in [1.29, 1.82) is 0 Å². The SMILES string of the molecule is CC1(C)c2ccc(C3CCN(CCCC(=O)N4CCC(c5ccc(NN6C(=O)CCCC6=O)cc5)CC4)CC3)cc2-n2c1nc(=O)c1c(Cl)cccc12. The topological polar surface area (TPSA) is 108 Å². The van der Waals surface area contributed by atoms with Gasteiger partial charge in [0, 0.05) is 32.4 Å². The summed E-state index contributed by atoms with van der Waals surface area (Å²) in [6, 6.07) is 20.4. The molecule has 0 spiro atoms. The number of halogens is 1. The van der Waals surface area contributed by atoms with Crippen molar-refractivity contribution in [2.75, 3.05) is 38.1 Å². The van der Waals surface area contributed by atoms with Gasteiger partial charge in [0.15, 0.2) is 0 Å². The molecule has 4 aliphatic heterocycles. The van der Waals surface area contributed by atoms with Gasteiger partial charge in [-0.1, -0.05) is 41.9 Å². The predicted octanol–water partition coefficient (Wildman–Crippen LogP) is 6.91. The lowest BCUT2D eigenvalue weighted by atomic mass is 9.83. The molecule has 1 N–H and O–H groups in total. The van der Waals surface area contributed by atoms with E-state index in [1.165, 1.54) is 16.7 Å². The molecule has 0 atom stereocenters. The van der Waals surface area contributed by atoms with E-state index < -0.39 is 5.41 Å². The number of imide groups is 1. The van der Waals surface area contributed by atoms with Crippen LogP contribution in [0.25, 0.3) is 16.6 Å². The lowest BCUT2D eigenvalue weighted by Crippen LogP contribution is -2.44. The molecular weight excluding hydrogens is 688 g/mol. The van der Waals surface area contributed by atoms with Gasteiger partial charge in [-0.05, 0) is 131 Å². The van der Waals surface area contributed by atoms with Gasteiger partial charge in [-0.2, -0.15) is 9.99 Å². The van der Waals surface area contributed by atoms with Crippen molar-refractivity contribution in [1.82, 2.24) is 24.4 Å². The molecule has 3 fully saturated rings. The fraction of sp³-hybridized carbons (Fsp3) is 0.452. The van der Waals surface area contributed by atoms with Crippen molar-refractivity contribution in [2.45, 2.75) is 88.9 Å². The zero-order valence-electron chi connectivity index (χ0n) is 30.6. The van der Waals surface area contributed by atoms with E-state index in [0.717, 1.165) is 92.6 Å². The Morgan fingerprint density at radius 1 is 0.868 bits per heavy atom. The highest BCUT2D eigenvalue weighted by Gasteiger charge is 2.39. The second-order valence-corrected chi connectivity index (χ2v) is 16.1. The summed E-state index contributed by atoms with van der Waals surface area (Å²) in [5.74, 6) is 1.47. The van der Waals surface area contributed by atoms with Crippen LogP contribution in [0.4, 0.5) is 5.69 Å². The number of carbonyl (C=O) groups is 3. The molecule has 276 valence electrons. The smallest absolute Gasteiger partial charge is 0.282 e. The highest BCUT2D eigenvalue weighted by molar-refractivity contribution is 6.35. The Bertz CT molecular complexity index is 2110. The molecule has 11 heteroatoms. The minimum absolute atomic E-state index is 0.185. The van der Waals surface area contributed by atoms with Crippen LogP contribution in [-0.2, 0) is 19.8 Å². The molecule has 0 bridgehead atoms. The fourth-order valence-electron chi connectivity index (χ4n) is 8.93. The largest absolute Gasteiger partial charge is 0.343 e. The third-order valence-corrected chi connectivity index (χ3v) is 12.4. The maximum Gasteiger partial charge on any atom is 0.282 e. The molecular formula is C42H47ClN6O4. The minimum atomic E-state index is -0.397. The number of nitrogens with zero attached hydrogens (tertiary/aromatic N) is 5. The van der Waals surface area contributed by atoms with Crippen LogP contribution < -0.4 is 11.0 Å². The van der Waals surface area contributed by atoms with Gasteiger partial charge in [-0.3, -0.25) is 29.2 Å². The van der Waals surface area contributed by atoms with E-state index in [9.17, 15) is 19.2 Å². The standard InChI is InChI=1S/C42H47ClN6O4/c1-42(2)32-16-13-30(26-35(32)48-34-7-3-6-33(43)39(34)40(53)44-41(42)48)29-17-22-46(23-18-29)21-5-10-36(50)47-24-19-28(20-25-47)27-11-14-31(15-12-27)45-49-37(51)8-4-9-38(49)52/h3,6-7,11-16,26,28-29,45H,4-5,8-10,17-25H2,1-2H3. The maximum atomic E-state index is 13.2. The van der Waals surface area contributed by atoms with Crippen LogP contribution in [0.1, 0.15) is 106 Å². The minimum Gasteiger partial charge on any atom is -0.343 e. The van der Waals surface area contributed by atoms with Gasteiger partial charge in [0.1, 0.15) is 5.82 Å². The van der Waals surface area contributed by atoms with E-state index in [1.807, 2.05) is 29.2 Å². The monoisotopic (exact) mass is 734 g/mol. The molecule has 5 heterocycles. The van der Waals surface area contributed by atoms with Gasteiger partial charge in [-0.25, -0.2) is 0 Å². The summed E-state index contributed by atoms with van der Waals surface area (Å²) in [5.41, 5.74) is 8.62. The Kier molecular flexibility index (Phi) is 9.62. The van der Waals surface area contributed by atoms with Gasteiger partial charge in [0.05, 0.1) is 32.7 Å². The van der Waals surface area contributed by atoms with Crippen LogP contribution in [0.2, 0.25) is 5.02 Å². The molecule has 1 aromatic heterocycles. The number of amides is 3. The van der Waals surface area contributed by atoms with Crippen molar-refractivity contribution in [3.8, 4) is 5.69 Å². The first-order valence-corrected chi connectivity index (χ1v) is 19.6. The molecule has 0 radical (unpaired) electrons. The molecule has 8 rings (SSSR count). The second-order valence-electron chi connectivity index (χ2n) is 15.7. The average molecular weight is 735 g/mol. The van der Waals surface area contributed by atoms with Crippen molar-refractivity contribution in [2.24, 2.45) is 0 Å². The number of rotatable bonds is 8. The van der Waals surface area contributed by atoms with E-state index >= 15 is 0 Å². The van der Waals surface area contributed by atoms with Crippen LogP contribution >= 0.6 is 11.6 Å². The van der Waals surface area contributed by atoms with E-state index in [0.29, 0.717) is 47.9 Å². The summed E-state index contributed by atoms with van der Waals surface area (Å²) in [6.07, 6.45) is 6.83.